The molecule has 2 rings (SSSR count). The lowest BCUT2D eigenvalue weighted by atomic mass is 10.1. The number of pyridine rings is 1. The number of benzene rings is 1. The average molecular weight is 264 g/mol. The highest BCUT2D eigenvalue weighted by Gasteiger charge is 1.99. The predicted molar refractivity (Wildman–Crippen MR) is 56.9 cm³/mol. The Labute approximate surface area is 101 Å². The van der Waals surface area contributed by atoms with Crippen LogP contribution in [-0.4, -0.2) is 0 Å². The van der Waals surface area contributed by atoms with Gasteiger partial charge in [-0.1, -0.05) is 35.9 Å². The first-order valence-corrected chi connectivity index (χ1v) is 4.84. The predicted octanol–water partition coefficient (Wildman–Crippen LogP) is -0.665. The first kappa shape index (κ1) is 11.9. The molecular weight excluding hydrogens is 250 g/mol. The Morgan fingerprint density at radius 3 is 2.13 bits per heavy atom. The van der Waals surface area contributed by atoms with Gasteiger partial charge in [0.05, 0.1) is 0 Å². The van der Waals surface area contributed by atoms with Crippen LogP contribution < -0.4 is 21.5 Å². The summed E-state index contributed by atoms with van der Waals surface area (Å²) in [6.07, 6.45) is 4.17. The summed E-state index contributed by atoms with van der Waals surface area (Å²) in [6, 6.07) is 14.8. The summed E-state index contributed by atoms with van der Waals surface area (Å²) in [5.74, 6) is 0. The standard InChI is InChI=1S/C13H14N.BrH/c1-12-5-7-13(8-6-12)11-14-9-3-2-4-10-14;/h2-10H,11H2,1H3;1H/q+1;/p-1. The minimum atomic E-state index is 0. The SMILES string of the molecule is Cc1ccc(C[n+]2ccccc2)cc1.[Br-]. The van der Waals surface area contributed by atoms with E-state index < -0.39 is 0 Å². The number of halogens is 1. The Hall–Kier alpha value is -1.15. The van der Waals surface area contributed by atoms with Crippen molar-refractivity contribution in [3.8, 4) is 0 Å². The zero-order valence-corrected chi connectivity index (χ0v) is 10.3. The van der Waals surface area contributed by atoms with Crippen LogP contribution in [0.15, 0.2) is 54.9 Å². The zero-order chi connectivity index (χ0) is 9.80. The van der Waals surface area contributed by atoms with E-state index in [4.69, 9.17) is 0 Å². The molecule has 0 saturated carbocycles. The van der Waals surface area contributed by atoms with Gasteiger partial charge in [-0.2, -0.15) is 0 Å². The number of hydrogen-bond acceptors (Lipinski definition) is 0. The molecule has 0 spiro atoms. The van der Waals surface area contributed by atoms with Crippen molar-refractivity contribution in [3.05, 3.63) is 66.0 Å². The molecule has 1 aromatic carbocycles. The van der Waals surface area contributed by atoms with Crippen molar-refractivity contribution >= 4 is 0 Å². The first-order valence-electron chi connectivity index (χ1n) is 4.84. The molecule has 0 aliphatic heterocycles. The van der Waals surface area contributed by atoms with Gasteiger partial charge in [-0.15, -0.1) is 0 Å². The summed E-state index contributed by atoms with van der Waals surface area (Å²) < 4.78 is 2.17. The van der Waals surface area contributed by atoms with Crippen molar-refractivity contribution in [2.75, 3.05) is 0 Å². The van der Waals surface area contributed by atoms with Crippen LogP contribution >= 0.6 is 0 Å². The molecule has 15 heavy (non-hydrogen) atoms. The first-order chi connectivity index (χ1) is 6.84. The van der Waals surface area contributed by atoms with E-state index >= 15 is 0 Å². The van der Waals surface area contributed by atoms with Gasteiger partial charge in [0, 0.05) is 17.7 Å². The van der Waals surface area contributed by atoms with Crippen LogP contribution in [0, 0.1) is 6.92 Å². The van der Waals surface area contributed by atoms with E-state index in [1.807, 2.05) is 18.2 Å². The van der Waals surface area contributed by atoms with Crippen LogP contribution in [0.4, 0.5) is 0 Å². The van der Waals surface area contributed by atoms with E-state index in [9.17, 15) is 0 Å². The maximum atomic E-state index is 2.18. The second-order valence-corrected chi connectivity index (χ2v) is 3.53. The van der Waals surface area contributed by atoms with Crippen LogP contribution in [0.3, 0.4) is 0 Å². The van der Waals surface area contributed by atoms with Gasteiger partial charge in [-0.05, 0) is 6.92 Å². The lowest BCUT2D eigenvalue weighted by molar-refractivity contribution is -0.688. The molecule has 0 fully saturated rings. The summed E-state index contributed by atoms with van der Waals surface area (Å²) in [5.41, 5.74) is 2.65. The number of aryl methyl sites for hydroxylation is 1. The van der Waals surface area contributed by atoms with E-state index in [2.05, 4.69) is 48.1 Å². The maximum Gasteiger partial charge on any atom is 0.173 e. The molecule has 0 bridgehead atoms. The van der Waals surface area contributed by atoms with Crippen molar-refractivity contribution in [3.63, 3.8) is 0 Å². The van der Waals surface area contributed by atoms with Crippen LogP contribution in [0.5, 0.6) is 0 Å². The molecule has 0 radical (unpaired) electrons. The van der Waals surface area contributed by atoms with Gasteiger partial charge in [0.2, 0.25) is 0 Å². The van der Waals surface area contributed by atoms with E-state index in [1.54, 1.807) is 0 Å². The lowest BCUT2D eigenvalue weighted by Crippen LogP contribution is -3.00. The van der Waals surface area contributed by atoms with E-state index in [-0.39, 0.29) is 17.0 Å². The molecule has 1 aromatic heterocycles. The van der Waals surface area contributed by atoms with Gasteiger partial charge in [0.15, 0.2) is 18.9 Å². The van der Waals surface area contributed by atoms with Crippen molar-refractivity contribution in [2.45, 2.75) is 13.5 Å². The molecule has 2 heteroatoms. The minimum Gasteiger partial charge on any atom is -1.00 e. The summed E-state index contributed by atoms with van der Waals surface area (Å²) in [6.45, 7) is 3.06. The quantitative estimate of drug-likeness (QED) is 0.634. The van der Waals surface area contributed by atoms with Crippen molar-refractivity contribution in [2.24, 2.45) is 0 Å². The second-order valence-electron chi connectivity index (χ2n) is 3.53. The Kier molecular flexibility index (Phi) is 4.50. The molecule has 2 aromatic rings. The van der Waals surface area contributed by atoms with Gasteiger partial charge in [0.1, 0.15) is 0 Å². The molecule has 0 aliphatic rings. The topological polar surface area (TPSA) is 3.88 Å². The molecular formula is C13H14BrN. The molecule has 78 valence electrons. The number of nitrogens with zero attached hydrogens (tertiary/aromatic N) is 1. The van der Waals surface area contributed by atoms with Crippen LogP contribution in [0.1, 0.15) is 11.1 Å². The molecule has 1 heterocycles. The van der Waals surface area contributed by atoms with Gasteiger partial charge in [0.25, 0.3) is 0 Å². The minimum absolute atomic E-state index is 0. The summed E-state index contributed by atoms with van der Waals surface area (Å²) >= 11 is 0. The van der Waals surface area contributed by atoms with Crippen molar-refractivity contribution in [1.29, 1.82) is 0 Å². The summed E-state index contributed by atoms with van der Waals surface area (Å²) in [4.78, 5) is 0. The Bertz CT molecular complexity index is 395. The van der Waals surface area contributed by atoms with E-state index in [1.165, 1.54) is 11.1 Å². The summed E-state index contributed by atoms with van der Waals surface area (Å²) in [5, 5.41) is 0. The fourth-order valence-corrected chi connectivity index (χ4v) is 1.44. The molecule has 0 amide bonds. The van der Waals surface area contributed by atoms with Crippen LogP contribution in [0.25, 0.3) is 0 Å². The smallest absolute Gasteiger partial charge is 0.173 e. The molecule has 1 nitrogen and oxygen atoms in total. The molecule has 0 N–H and O–H groups in total. The summed E-state index contributed by atoms with van der Waals surface area (Å²) in [7, 11) is 0. The molecule has 0 aliphatic carbocycles. The van der Waals surface area contributed by atoms with Gasteiger partial charge in [-0.25, -0.2) is 4.57 Å². The van der Waals surface area contributed by atoms with Crippen LogP contribution in [-0.2, 0) is 6.54 Å². The number of rotatable bonds is 2. The van der Waals surface area contributed by atoms with E-state index in [0.29, 0.717) is 0 Å². The monoisotopic (exact) mass is 263 g/mol. The number of hydrogen-bond donors (Lipinski definition) is 0. The fourth-order valence-electron chi connectivity index (χ4n) is 1.44. The van der Waals surface area contributed by atoms with Gasteiger partial charge in [-0.3, -0.25) is 0 Å². The van der Waals surface area contributed by atoms with Crippen molar-refractivity contribution < 1.29 is 21.5 Å². The highest BCUT2D eigenvalue weighted by molar-refractivity contribution is 5.20. The van der Waals surface area contributed by atoms with Crippen molar-refractivity contribution in [1.82, 2.24) is 0 Å². The third-order valence-electron chi connectivity index (χ3n) is 2.26. The Morgan fingerprint density at radius 2 is 1.53 bits per heavy atom. The Morgan fingerprint density at radius 1 is 0.933 bits per heavy atom. The zero-order valence-electron chi connectivity index (χ0n) is 8.73. The number of aromatic nitrogens is 1. The molecule has 0 saturated heterocycles. The van der Waals surface area contributed by atoms with Gasteiger partial charge >= 0.3 is 0 Å². The average Bonchev–Trinajstić information content (AvgIpc) is 2.23. The third kappa shape index (κ3) is 3.48. The molecule has 0 atom stereocenters. The third-order valence-corrected chi connectivity index (χ3v) is 2.26. The van der Waals surface area contributed by atoms with Crippen LogP contribution in [0.2, 0.25) is 0 Å². The largest absolute Gasteiger partial charge is 1.00 e. The molecule has 0 unspecified atom stereocenters. The highest BCUT2D eigenvalue weighted by Crippen LogP contribution is 2.02. The lowest BCUT2D eigenvalue weighted by Gasteiger charge is -1.97. The van der Waals surface area contributed by atoms with E-state index in [0.717, 1.165) is 6.54 Å². The fraction of sp³-hybridized carbons (Fsp3) is 0.154. The maximum absolute atomic E-state index is 2.18. The highest BCUT2D eigenvalue weighted by atomic mass is 79.9. The van der Waals surface area contributed by atoms with Gasteiger partial charge < -0.3 is 17.0 Å². The Balaban J connectivity index is 0.00000112. The normalized spacial score (nSPS) is 9.40. The second kappa shape index (κ2) is 5.66.